The van der Waals surface area contributed by atoms with E-state index in [9.17, 15) is 10.1 Å². The zero-order valence-corrected chi connectivity index (χ0v) is 11.8. The molecule has 0 saturated heterocycles. The average Bonchev–Trinajstić information content (AvgIpc) is 2.48. The van der Waals surface area contributed by atoms with Gasteiger partial charge in [0.1, 0.15) is 11.6 Å². The Balaban J connectivity index is 2.25. The van der Waals surface area contributed by atoms with Gasteiger partial charge >= 0.3 is 0 Å². The summed E-state index contributed by atoms with van der Waals surface area (Å²) in [5.41, 5.74) is 1.88. The lowest BCUT2D eigenvalue weighted by Gasteiger charge is -2.18. The molecule has 0 amide bonds. The third-order valence-electron chi connectivity index (χ3n) is 3.19. The third kappa shape index (κ3) is 2.10. The number of thioether (sulfide) groups is 1. The smallest absolute Gasteiger partial charge is 0.272 e. The van der Waals surface area contributed by atoms with Crippen LogP contribution in [0.5, 0.6) is 0 Å². The van der Waals surface area contributed by atoms with E-state index < -0.39 is 0 Å². The van der Waals surface area contributed by atoms with Crippen molar-refractivity contribution in [3.05, 3.63) is 39.9 Å². The van der Waals surface area contributed by atoms with Gasteiger partial charge in [-0.25, -0.2) is 4.98 Å². The van der Waals surface area contributed by atoms with Crippen LogP contribution in [0.3, 0.4) is 0 Å². The van der Waals surface area contributed by atoms with Gasteiger partial charge in [-0.1, -0.05) is 11.8 Å². The van der Waals surface area contributed by atoms with E-state index in [0.717, 1.165) is 17.9 Å². The summed E-state index contributed by atoms with van der Waals surface area (Å²) in [5.74, 6) is 0.948. The van der Waals surface area contributed by atoms with Crippen molar-refractivity contribution >= 4 is 11.8 Å². The maximum Gasteiger partial charge on any atom is 0.272 e. The Morgan fingerprint density at radius 1 is 1.45 bits per heavy atom. The van der Waals surface area contributed by atoms with Crippen LogP contribution in [0.25, 0.3) is 11.3 Å². The number of nitrogens with zero attached hydrogens (tertiary/aromatic N) is 4. The normalized spacial score (nSPS) is 13.6. The van der Waals surface area contributed by atoms with Gasteiger partial charge in [0, 0.05) is 29.8 Å². The molecule has 0 bridgehead atoms. The first-order chi connectivity index (χ1) is 9.70. The molecule has 5 nitrogen and oxygen atoms in total. The summed E-state index contributed by atoms with van der Waals surface area (Å²) in [6.07, 6.45) is 2.58. The van der Waals surface area contributed by atoms with Crippen LogP contribution in [0.2, 0.25) is 0 Å². The van der Waals surface area contributed by atoms with E-state index in [4.69, 9.17) is 0 Å². The van der Waals surface area contributed by atoms with E-state index in [2.05, 4.69) is 9.97 Å². The molecule has 6 heteroatoms. The number of pyridine rings is 1. The molecule has 100 valence electrons. The van der Waals surface area contributed by atoms with Gasteiger partial charge in [-0.3, -0.25) is 14.3 Å². The van der Waals surface area contributed by atoms with Gasteiger partial charge in [-0.2, -0.15) is 5.26 Å². The first-order valence-corrected chi connectivity index (χ1v) is 7.30. The monoisotopic (exact) mass is 284 g/mol. The third-order valence-corrected chi connectivity index (χ3v) is 4.25. The first-order valence-electron chi connectivity index (χ1n) is 6.31. The highest BCUT2D eigenvalue weighted by atomic mass is 32.2. The molecule has 0 atom stereocenters. The van der Waals surface area contributed by atoms with Gasteiger partial charge in [-0.15, -0.1) is 0 Å². The molecular formula is C14H12N4OS. The number of aromatic nitrogens is 3. The molecule has 0 aliphatic carbocycles. The number of nitriles is 1. The van der Waals surface area contributed by atoms with Crippen LogP contribution < -0.4 is 5.56 Å². The Labute approximate surface area is 120 Å². The van der Waals surface area contributed by atoms with Gasteiger partial charge in [0.15, 0.2) is 5.16 Å². The summed E-state index contributed by atoms with van der Waals surface area (Å²) >= 11 is 1.56. The molecule has 3 rings (SSSR count). The zero-order valence-electron chi connectivity index (χ0n) is 11.0. The molecule has 0 N–H and O–H groups in total. The molecule has 0 saturated carbocycles. The topological polar surface area (TPSA) is 71.6 Å². The summed E-state index contributed by atoms with van der Waals surface area (Å²) in [6, 6.07) is 5.69. The van der Waals surface area contributed by atoms with Crippen molar-refractivity contribution in [2.75, 3.05) is 5.75 Å². The summed E-state index contributed by atoms with van der Waals surface area (Å²) in [6.45, 7) is 2.52. The summed E-state index contributed by atoms with van der Waals surface area (Å²) in [4.78, 5) is 21.1. The van der Waals surface area contributed by atoms with E-state index in [0.29, 0.717) is 23.0 Å². The summed E-state index contributed by atoms with van der Waals surface area (Å²) in [7, 11) is 0. The van der Waals surface area contributed by atoms with E-state index in [1.165, 1.54) is 0 Å². The highest BCUT2D eigenvalue weighted by Crippen LogP contribution is 2.26. The Morgan fingerprint density at radius 2 is 2.30 bits per heavy atom. The molecule has 2 aromatic heterocycles. The minimum atomic E-state index is -0.250. The molecule has 0 fully saturated rings. The molecule has 0 unspecified atom stereocenters. The highest BCUT2D eigenvalue weighted by Gasteiger charge is 2.20. The fraction of sp³-hybridized carbons (Fsp3) is 0.286. The second-order valence-electron chi connectivity index (χ2n) is 4.58. The average molecular weight is 284 g/mol. The lowest BCUT2D eigenvalue weighted by atomic mass is 10.1. The summed E-state index contributed by atoms with van der Waals surface area (Å²) in [5, 5.41) is 9.98. The van der Waals surface area contributed by atoms with Crippen molar-refractivity contribution in [3.63, 3.8) is 0 Å². The van der Waals surface area contributed by atoms with Crippen LogP contribution in [0.15, 0.2) is 28.3 Å². The van der Waals surface area contributed by atoms with Crippen molar-refractivity contribution < 1.29 is 0 Å². The van der Waals surface area contributed by atoms with E-state index in [-0.39, 0.29) is 11.1 Å². The van der Waals surface area contributed by atoms with Crippen LogP contribution in [-0.2, 0) is 6.54 Å². The number of fused-ring (bicyclic) bond motifs is 1. The quantitative estimate of drug-likeness (QED) is 0.749. The summed E-state index contributed by atoms with van der Waals surface area (Å²) < 4.78 is 1.60. The fourth-order valence-corrected chi connectivity index (χ4v) is 3.09. The van der Waals surface area contributed by atoms with Gasteiger partial charge < -0.3 is 0 Å². The minimum absolute atomic E-state index is 0.0990. The highest BCUT2D eigenvalue weighted by molar-refractivity contribution is 7.99. The van der Waals surface area contributed by atoms with Crippen LogP contribution in [0.4, 0.5) is 0 Å². The van der Waals surface area contributed by atoms with Gasteiger partial charge in [0.05, 0.1) is 5.69 Å². The molecular weight excluding hydrogens is 272 g/mol. The van der Waals surface area contributed by atoms with Gasteiger partial charge in [0.2, 0.25) is 0 Å². The predicted octanol–water partition coefficient (Wildman–Crippen LogP) is 1.98. The number of rotatable bonds is 1. The van der Waals surface area contributed by atoms with Crippen LogP contribution in [-0.4, -0.2) is 20.3 Å². The molecule has 3 heterocycles. The maximum atomic E-state index is 12.4. The Kier molecular flexibility index (Phi) is 3.28. The number of aryl methyl sites for hydroxylation is 1. The van der Waals surface area contributed by atoms with Crippen LogP contribution in [0, 0.1) is 18.3 Å². The maximum absolute atomic E-state index is 12.4. The van der Waals surface area contributed by atoms with Crippen molar-refractivity contribution in [3.8, 4) is 17.3 Å². The predicted molar refractivity (Wildman–Crippen MR) is 76.5 cm³/mol. The van der Waals surface area contributed by atoms with Gasteiger partial charge in [-0.05, 0) is 25.5 Å². The number of hydrogen-bond donors (Lipinski definition) is 0. The lowest BCUT2D eigenvalue weighted by molar-refractivity contribution is 0.562. The zero-order chi connectivity index (χ0) is 14.1. The van der Waals surface area contributed by atoms with Crippen molar-refractivity contribution in [2.24, 2.45) is 0 Å². The molecule has 0 radical (unpaired) electrons. The largest absolute Gasteiger partial charge is 0.286 e. The number of hydrogen-bond acceptors (Lipinski definition) is 5. The van der Waals surface area contributed by atoms with E-state index >= 15 is 0 Å². The Hall–Kier alpha value is -2.13. The van der Waals surface area contributed by atoms with Crippen molar-refractivity contribution in [1.29, 1.82) is 5.26 Å². The molecule has 2 aromatic rings. The van der Waals surface area contributed by atoms with Crippen molar-refractivity contribution in [1.82, 2.24) is 14.5 Å². The van der Waals surface area contributed by atoms with Gasteiger partial charge in [0.25, 0.3) is 5.56 Å². The molecule has 1 aliphatic heterocycles. The first kappa shape index (κ1) is 12.9. The van der Waals surface area contributed by atoms with Crippen molar-refractivity contribution in [2.45, 2.75) is 25.0 Å². The molecule has 1 aliphatic rings. The minimum Gasteiger partial charge on any atom is -0.286 e. The van der Waals surface area contributed by atoms with Crippen LogP contribution >= 0.6 is 11.8 Å². The second kappa shape index (κ2) is 5.10. The Bertz CT molecular complexity index is 758. The lowest BCUT2D eigenvalue weighted by Crippen LogP contribution is -2.28. The molecule has 0 aromatic carbocycles. The van der Waals surface area contributed by atoms with Crippen LogP contribution in [0.1, 0.15) is 17.7 Å². The van der Waals surface area contributed by atoms with E-state index in [1.807, 2.05) is 25.1 Å². The standard InChI is InChI=1S/C14H12N4OS/c1-9-3-4-10(8-16-9)12-11(7-15)13(19)18-5-2-6-20-14(18)17-12/h3-4,8H,2,5-6H2,1H3. The Morgan fingerprint density at radius 3 is 3.00 bits per heavy atom. The van der Waals surface area contributed by atoms with E-state index in [1.54, 1.807) is 22.5 Å². The fourth-order valence-electron chi connectivity index (χ4n) is 2.15. The SMILES string of the molecule is Cc1ccc(-c2nc3n(c(=O)c2C#N)CCCS3)cn1. The molecule has 0 spiro atoms. The second-order valence-corrected chi connectivity index (χ2v) is 5.64. The molecule has 20 heavy (non-hydrogen) atoms.